The fourth-order valence-corrected chi connectivity index (χ4v) is 2.33. The molecule has 0 aliphatic heterocycles. The fraction of sp³-hybridized carbons (Fsp3) is 0.0667. The Hall–Kier alpha value is -1.75. The predicted molar refractivity (Wildman–Crippen MR) is 89.4 cm³/mol. The number of phenolic OH excluding ortho intramolecular Hbond substituents is 1. The molecule has 0 atom stereocenters. The van der Waals surface area contributed by atoms with Crippen molar-refractivity contribution in [3.63, 3.8) is 0 Å². The Balaban J connectivity index is 2.12. The molecule has 0 saturated heterocycles. The quantitative estimate of drug-likeness (QED) is 0.631. The molecule has 0 radical (unpaired) electrons. The summed E-state index contributed by atoms with van der Waals surface area (Å²) in [4.78, 5) is 11.9. The Morgan fingerprint density at radius 2 is 1.91 bits per heavy atom. The molecule has 0 aromatic heterocycles. The molecule has 22 heavy (non-hydrogen) atoms. The molecule has 114 valence electrons. The van der Waals surface area contributed by atoms with Crippen molar-refractivity contribution in [2.75, 3.05) is 0 Å². The van der Waals surface area contributed by atoms with E-state index in [1.807, 2.05) is 6.92 Å². The van der Waals surface area contributed by atoms with Gasteiger partial charge < -0.3 is 5.11 Å². The highest BCUT2D eigenvalue weighted by Crippen LogP contribution is 2.29. The lowest BCUT2D eigenvalue weighted by atomic mass is 10.1. The Morgan fingerprint density at radius 1 is 1.18 bits per heavy atom. The van der Waals surface area contributed by atoms with E-state index in [-0.39, 0.29) is 10.8 Å². The van der Waals surface area contributed by atoms with E-state index in [9.17, 15) is 9.90 Å². The molecule has 0 fully saturated rings. The smallest absolute Gasteiger partial charge is 0.271 e. The minimum atomic E-state index is -0.425. The first kappa shape index (κ1) is 16.6. The lowest BCUT2D eigenvalue weighted by Crippen LogP contribution is -2.17. The van der Waals surface area contributed by atoms with Crippen LogP contribution in [0.2, 0.25) is 15.1 Å². The molecule has 0 saturated carbocycles. The van der Waals surface area contributed by atoms with Gasteiger partial charge in [-0.15, -0.1) is 0 Å². The van der Waals surface area contributed by atoms with E-state index in [4.69, 9.17) is 34.8 Å². The number of aromatic hydroxyl groups is 1. The van der Waals surface area contributed by atoms with Gasteiger partial charge in [-0.3, -0.25) is 4.79 Å². The molecule has 1 amide bonds. The van der Waals surface area contributed by atoms with Crippen molar-refractivity contribution >= 4 is 46.9 Å². The van der Waals surface area contributed by atoms with Crippen LogP contribution < -0.4 is 5.43 Å². The van der Waals surface area contributed by atoms with Gasteiger partial charge in [-0.1, -0.05) is 40.9 Å². The number of nitrogens with one attached hydrogen (secondary N) is 1. The summed E-state index contributed by atoms with van der Waals surface area (Å²) in [6, 6.07) is 7.81. The third-order valence-corrected chi connectivity index (χ3v) is 3.77. The average molecular weight is 358 g/mol. The van der Waals surface area contributed by atoms with Crippen LogP contribution in [0.3, 0.4) is 0 Å². The minimum absolute atomic E-state index is 0.102. The summed E-state index contributed by atoms with van der Waals surface area (Å²) < 4.78 is 0. The Bertz CT molecular complexity index is 761. The second-order valence-electron chi connectivity index (χ2n) is 4.49. The van der Waals surface area contributed by atoms with Gasteiger partial charge in [0.1, 0.15) is 5.75 Å². The Kier molecular flexibility index (Phi) is 5.29. The molecule has 0 heterocycles. The summed E-state index contributed by atoms with van der Waals surface area (Å²) in [5, 5.41) is 14.5. The summed E-state index contributed by atoms with van der Waals surface area (Å²) >= 11 is 17.6. The number of hydrazone groups is 1. The molecule has 2 aromatic rings. The summed E-state index contributed by atoms with van der Waals surface area (Å²) in [6.45, 7) is 1.84. The summed E-state index contributed by atoms with van der Waals surface area (Å²) in [5.74, 6) is -0.590. The van der Waals surface area contributed by atoms with Gasteiger partial charge in [-0.05, 0) is 36.8 Å². The largest absolute Gasteiger partial charge is 0.506 e. The molecule has 0 unspecified atom stereocenters. The number of hydrogen-bond acceptors (Lipinski definition) is 3. The van der Waals surface area contributed by atoms with Crippen molar-refractivity contribution in [2.45, 2.75) is 6.92 Å². The first-order chi connectivity index (χ1) is 10.4. The molecular formula is C15H11Cl3N2O2. The SMILES string of the molecule is Cc1ccc(C(=O)N/N=C/c2cc(Cl)cc(Cl)c2O)cc1Cl. The molecule has 2 rings (SSSR count). The van der Waals surface area contributed by atoms with Crippen molar-refractivity contribution in [1.29, 1.82) is 0 Å². The van der Waals surface area contributed by atoms with Crippen LogP contribution in [0.5, 0.6) is 5.75 Å². The molecule has 2 aromatic carbocycles. The van der Waals surface area contributed by atoms with Crippen molar-refractivity contribution in [2.24, 2.45) is 5.10 Å². The standard InChI is InChI=1S/C15H11Cl3N2O2/c1-8-2-3-9(5-12(8)17)15(22)20-19-7-10-4-11(16)6-13(18)14(10)21/h2-7,21H,1H3,(H,20,22)/b19-7+. The van der Waals surface area contributed by atoms with Crippen LogP contribution in [0.25, 0.3) is 0 Å². The van der Waals surface area contributed by atoms with Gasteiger partial charge in [0, 0.05) is 21.2 Å². The molecule has 4 nitrogen and oxygen atoms in total. The zero-order valence-corrected chi connectivity index (χ0v) is 13.7. The number of carbonyl (C=O) groups excluding carboxylic acids is 1. The van der Waals surface area contributed by atoms with E-state index in [2.05, 4.69) is 10.5 Å². The van der Waals surface area contributed by atoms with Crippen LogP contribution in [0, 0.1) is 6.92 Å². The normalized spacial score (nSPS) is 10.9. The highest BCUT2D eigenvalue weighted by Gasteiger charge is 2.08. The Morgan fingerprint density at radius 3 is 2.59 bits per heavy atom. The van der Waals surface area contributed by atoms with Gasteiger partial charge in [-0.2, -0.15) is 5.10 Å². The van der Waals surface area contributed by atoms with Crippen LogP contribution >= 0.6 is 34.8 Å². The molecule has 0 aliphatic carbocycles. The van der Waals surface area contributed by atoms with Crippen molar-refractivity contribution < 1.29 is 9.90 Å². The maximum atomic E-state index is 11.9. The van der Waals surface area contributed by atoms with Crippen molar-refractivity contribution in [3.05, 3.63) is 62.1 Å². The number of halogens is 3. The van der Waals surface area contributed by atoms with Gasteiger partial charge >= 0.3 is 0 Å². The van der Waals surface area contributed by atoms with E-state index in [1.165, 1.54) is 18.3 Å². The number of rotatable bonds is 3. The zero-order valence-electron chi connectivity index (χ0n) is 11.4. The van der Waals surface area contributed by atoms with E-state index >= 15 is 0 Å². The van der Waals surface area contributed by atoms with Gasteiger partial charge in [-0.25, -0.2) is 5.43 Å². The number of hydrogen-bond donors (Lipinski definition) is 2. The number of nitrogens with zero attached hydrogens (tertiary/aromatic N) is 1. The predicted octanol–water partition coefficient (Wildman–Crippen LogP) is 4.42. The minimum Gasteiger partial charge on any atom is -0.506 e. The molecular weight excluding hydrogens is 347 g/mol. The van der Waals surface area contributed by atoms with E-state index in [0.29, 0.717) is 21.2 Å². The van der Waals surface area contributed by atoms with E-state index in [0.717, 1.165) is 5.56 Å². The van der Waals surface area contributed by atoms with Gasteiger partial charge in [0.25, 0.3) is 5.91 Å². The van der Waals surface area contributed by atoms with Gasteiger partial charge in [0.2, 0.25) is 0 Å². The first-order valence-electron chi connectivity index (χ1n) is 6.16. The van der Waals surface area contributed by atoms with E-state index < -0.39 is 5.91 Å². The number of phenols is 1. The fourth-order valence-electron chi connectivity index (χ4n) is 1.64. The Labute approximate surface area is 142 Å². The second kappa shape index (κ2) is 7.01. The molecule has 0 bridgehead atoms. The maximum absolute atomic E-state index is 11.9. The molecule has 0 aliphatic rings. The highest BCUT2D eigenvalue weighted by atomic mass is 35.5. The van der Waals surface area contributed by atoms with Gasteiger partial charge in [0.05, 0.1) is 11.2 Å². The van der Waals surface area contributed by atoms with Gasteiger partial charge in [0.15, 0.2) is 0 Å². The lowest BCUT2D eigenvalue weighted by molar-refractivity contribution is 0.0955. The summed E-state index contributed by atoms with van der Waals surface area (Å²) in [7, 11) is 0. The lowest BCUT2D eigenvalue weighted by Gasteiger charge is -2.04. The maximum Gasteiger partial charge on any atom is 0.271 e. The molecule has 2 N–H and O–H groups in total. The second-order valence-corrected chi connectivity index (χ2v) is 5.74. The average Bonchev–Trinajstić information content (AvgIpc) is 2.46. The number of benzene rings is 2. The van der Waals surface area contributed by atoms with Crippen LogP contribution in [0.4, 0.5) is 0 Å². The summed E-state index contributed by atoms with van der Waals surface area (Å²) in [6.07, 6.45) is 1.25. The monoisotopic (exact) mass is 356 g/mol. The van der Waals surface area contributed by atoms with Crippen molar-refractivity contribution in [3.8, 4) is 5.75 Å². The van der Waals surface area contributed by atoms with Crippen LogP contribution in [-0.2, 0) is 0 Å². The topological polar surface area (TPSA) is 61.7 Å². The molecule has 7 heteroatoms. The van der Waals surface area contributed by atoms with Crippen LogP contribution in [0.1, 0.15) is 21.5 Å². The third-order valence-electron chi connectivity index (χ3n) is 2.86. The number of amides is 1. The van der Waals surface area contributed by atoms with E-state index in [1.54, 1.807) is 18.2 Å². The first-order valence-corrected chi connectivity index (χ1v) is 7.29. The van der Waals surface area contributed by atoms with Crippen molar-refractivity contribution in [1.82, 2.24) is 5.43 Å². The zero-order chi connectivity index (χ0) is 16.3. The number of aryl methyl sites for hydroxylation is 1. The molecule has 0 spiro atoms. The third kappa shape index (κ3) is 3.91. The van der Waals surface area contributed by atoms with Crippen LogP contribution in [-0.4, -0.2) is 17.2 Å². The summed E-state index contributed by atoms with van der Waals surface area (Å²) in [5.41, 5.74) is 3.88. The van der Waals surface area contributed by atoms with Crippen LogP contribution in [0.15, 0.2) is 35.4 Å². The number of carbonyl (C=O) groups is 1. The highest BCUT2D eigenvalue weighted by molar-refractivity contribution is 6.36.